The topological polar surface area (TPSA) is 83.6 Å². The van der Waals surface area contributed by atoms with Crippen molar-refractivity contribution in [2.45, 2.75) is 50.9 Å². The highest BCUT2D eigenvalue weighted by Gasteiger charge is 2.53. The van der Waals surface area contributed by atoms with Crippen LogP contribution in [0.25, 0.3) is 0 Å². The number of fused-ring (bicyclic) bond motifs is 3. The van der Waals surface area contributed by atoms with Crippen molar-refractivity contribution in [3.05, 3.63) is 34.9 Å². The molecule has 4 unspecified atom stereocenters. The van der Waals surface area contributed by atoms with E-state index < -0.39 is 17.8 Å². The largest absolute Gasteiger partial charge is 0.296 e. The van der Waals surface area contributed by atoms with Gasteiger partial charge in [-0.2, -0.15) is 0 Å². The molecule has 1 N–H and O–H groups in total. The van der Waals surface area contributed by atoms with E-state index in [4.69, 9.17) is 0 Å². The van der Waals surface area contributed by atoms with Gasteiger partial charge >= 0.3 is 0 Å². The Labute approximate surface area is 158 Å². The molecule has 6 nitrogen and oxygen atoms in total. The average Bonchev–Trinajstić information content (AvgIpc) is 3.04. The van der Waals surface area contributed by atoms with Gasteiger partial charge in [-0.05, 0) is 34.4 Å². The molecule has 142 valence electrons. The fourth-order valence-electron chi connectivity index (χ4n) is 4.80. The van der Waals surface area contributed by atoms with Gasteiger partial charge in [0.2, 0.25) is 23.6 Å². The number of amides is 4. The standard InChI is InChI=1S/C21H24N2O4/c1-21(2,3)10-5-6-11-12(14-9-16(24)22-18(14)25)8-15-17(13(11)7-10)20(27)23(4)19(15)26/h5-7,12,14-15,17H,8-9H2,1-4H3,(H,22,24,25). The summed E-state index contributed by atoms with van der Waals surface area (Å²) in [6.07, 6.45) is 0.562. The molecule has 6 heteroatoms. The van der Waals surface area contributed by atoms with Gasteiger partial charge in [-0.3, -0.25) is 29.4 Å². The normalized spacial score (nSPS) is 30.4. The number of hydrogen-bond acceptors (Lipinski definition) is 4. The molecule has 0 bridgehead atoms. The zero-order valence-corrected chi connectivity index (χ0v) is 16.0. The molecule has 2 heterocycles. The highest BCUT2D eigenvalue weighted by atomic mass is 16.2. The van der Waals surface area contributed by atoms with E-state index in [1.165, 1.54) is 11.9 Å². The molecule has 4 atom stereocenters. The van der Waals surface area contributed by atoms with E-state index in [1.807, 2.05) is 18.2 Å². The summed E-state index contributed by atoms with van der Waals surface area (Å²) in [4.78, 5) is 50.8. The summed E-state index contributed by atoms with van der Waals surface area (Å²) in [7, 11) is 1.52. The van der Waals surface area contributed by atoms with Crippen molar-refractivity contribution in [1.29, 1.82) is 0 Å². The molecule has 0 spiro atoms. The predicted molar refractivity (Wildman–Crippen MR) is 97.8 cm³/mol. The summed E-state index contributed by atoms with van der Waals surface area (Å²) < 4.78 is 0. The monoisotopic (exact) mass is 368 g/mol. The van der Waals surface area contributed by atoms with Crippen LogP contribution in [0.2, 0.25) is 0 Å². The fraction of sp³-hybridized carbons (Fsp3) is 0.524. The summed E-state index contributed by atoms with van der Waals surface area (Å²) in [5, 5.41) is 2.38. The van der Waals surface area contributed by atoms with Crippen molar-refractivity contribution in [2.75, 3.05) is 7.05 Å². The third-order valence-electron chi connectivity index (χ3n) is 6.33. The molecule has 27 heavy (non-hydrogen) atoms. The van der Waals surface area contributed by atoms with Crippen LogP contribution in [0.1, 0.15) is 62.1 Å². The van der Waals surface area contributed by atoms with E-state index in [2.05, 4.69) is 26.1 Å². The van der Waals surface area contributed by atoms with Crippen molar-refractivity contribution in [3.8, 4) is 0 Å². The molecule has 4 rings (SSSR count). The maximum atomic E-state index is 12.8. The number of hydrogen-bond donors (Lipinski definition) is 1. The molecule has 2 aliphatic heterocycles. The van der Waals surface area contributed by atoms with Gasteiger partial charge in [-0.25, -0.2) is 0 Å². The zero-order valence-electron chi connectivity index (χ0n) is 16.0. The maximum Gasteiger partial charge on any atom is 0.237 e. The highest BCUT2D eigenvalue weighted by Crippen LogP contribution is 2.51. The lowest BCUT2D eigenvalue weighted by atomic mass is 9.66. The number of nitrogens with one attached hydrogen (secondary N) is 1. The van der Waals surface area contributed by atoms with E-state index in [9.17, 15) is 19.2 Å². The zero-order chi connectivity index (χ0) is 19.7. The summed E-state index contributed by atoms with van der Waals surface area (Å²) >= 11 is 0. The van der Waals surface area contributed by atoms with Crippen LogP contribution in [0, 0.1) is 11.8 Å². The molecule has 0 aromatic heterocycles. The molecule has 0 saturated carbocycles. The lowest BCUT2D eigenvalue weighted by Gasteiger charge is -2.35. The molecule has 3 aliphatic rings. The summed E-state index contributed by atoms with van der Waals surface area (Å²) in [5.41, 5.74) is 2.76. The number of carbonyl (C=O) groups excluding carboxylic acids is 4. The Morgan fingerprint density at radius 1 is 0.963 bits per heavy atom. The van der Waals surface area contributed by atoms with Gasteiger partial charge in [0, 0.05) is 13.5 Å². The second-order valence-electron chi connectivity index (χ2n) is 8.98. The molecule has 2 saturated heterocycles. The maximum absolute atomic E-state index is 12.8. The first-order valence-corrected chi connectivity index (χ1v) is 9.39. The molecule has 0 radical (unpaired) electrons. The Morgan fingerprint density at radius 2 is 1.67 bits per heavy atom. The van der Waals surface area contributed by atoms with Crippen molar-refractivity contribution in [2.24, 2.45) is 11.8 Å². The molecule has 4 amide bonds. The Balaban J connectivity index is 1.87. The van der Waals surface area contributed by atoms with Crippen molar-refractivity contribution in [1.82, 2.24) is 10.2 Å². The molecular weight excluding hydrogens is 344 g/mol. The second kappa shape index (κ2) is 5.75. The number of carbonyl (C=O) groups is 4. The van der Waals surface area contributed by atoms with Crippen LogP contribution >= 0.6 is 0 Å². The first-order chi connectivity index (χ1) is 12.6. The average molecular weight is 368 g/mol. The molecule has 1 aromatic rings. The van der Waals surface area contributed by atoms with E-state index in [1.54, 1.807) is 0 Å². The van der Waals surface area contributed by atoms with Crippen LogP contribution in [-0.2, 0) is 24.6 Å². The van der Waals surface area contributed by atoms with Gasteiger partial charge in [-0.1, -0.05) is 39.0 Å². The van der Waals surface area contributed by atoms with Crippen LogP contribution in [0.5, 0.6) is 0 Å². The Hall–Kier alpha value is -2.50. The quantitative estimate of drug-likeness (QED) is 0.767. The van der Waals surface area contributed by atoms with Gasteiger partial charge in [0.1, 0.15) is 0 Å². The smallest absolute Gasteiger partial charge is 0.237 e. The number of benzene rings is 1. The first-order valence-electron chi connectivity index (χ1n) is 9.39. The van der Waals surface area contributed by atoms with E-state index in [0.29, 0.717) is 6.42 Å². The Bertz CT molecular complexity index is 883. The minimum absolute atomic E-state index is 0.101. The van der Waals surface area contributed by atoms with E-state index in [0.717, 1.165) is 16.7 Å². The molecule has 2 fully saturated rings. The molecular formula is C21H24N2O4. The summed E-state index contributed by atoms with van der Waals surface area (Å²) in [5.74, 6) is -2.58. The second-order valence-corrected chi connectivity index (χ2v) is 8.98. The minimum Gasteiger partial charge on any atom is -0.296 e. The molecule has 1 aliphatic carbocycles. The lowest BCUT2D eigenvalue weighted by molar-refractivity contribution is -0.138. The third-order valence-corrected chi connectivity index (χ3v) is 6.33. The minimum atomic E-state index is -0.490. The first kappa shape index (κ1) is 17.9. The third kappa shape index (κ3) is 2.61. The number of rotatable bonds is 1. The number of likely N-dealkylation sites (tertiary alicyclic amines) is 1. The lowest BCUT2D eigenvalue weighted by Crippen LogP contribution is -2.33. The van der Waals surface area contributed by atoms with Gasteiger partial charge < -0.3 is 0 Å². The van der Waals surface area contributed by atoms with E-state index in [-0.39, 0.29) is 41.4 Å². The van der Waals surface area contributed by atoms with Crippen LogP contribution in [0.15, 0.2) is 18.2 Å². The van der Waals surface area contributed by atoms with Gasteiger partial charge in [0.05, 0.1) is 17.8 Å². The summed E-state index contributed by atoms with van der Waals surface area (Å²) in [6, 6.07) is 6.05. The summed E-state index contributed by atoms with van der Waals surface area (Å²) in [6.45, 7) is 6.30. The fourth-order valence-corrected chi connectivity index (χ4v) is 4.80. The Morgan fingerprint density at radius 3 is 2.26 bits per heavy atom. The van der Waals surface area contributed by atoms with Crippen molar-refractivity contribution in [3.63, 3.8) is 0 Å². The number of nitrogens with zero attached hydrogens (tertiary/aromatic N) is 1. The SMILES string of the molecule is CN1C(=O)C2CC(C3CC(=O)NC3=O)c3ccc(C(C)(C)C)cc3C2C1=O. The van der Waals surface area contributed by atoms with Crippen LogP contribution in [-0.4, -0.2) is 35.6 Å². The van der Waals surface area contributed by atoms with Crippen LogP contribution < -0.4 is 5.32 Å². The number of likely N-dealkylation sites (N-methyl/N-ethyl adjacent to an activating group) is 1. The van der Waals surface area contributed by atoms with Crippen LogP contribution in [0.3, 0.4) is 0 Å². The van der Waals surface area contributed by atoms with Crippen molar-refractivity contribution < 1.29 is 19.2 Å². The van der Waals surface area contributed by atoms with Gasteiger partial charge in [0.15, 0.2) is 0 Å². The van der Waals surface area contributed by atoms with Gasteiger partial charge in [0.25, 0.3) is 0 Å². The number of imide groups is 2. The van der Waals surface area contributed by atoms with Crippen LogP contribution in [0.4, 0.5) is 0 Å². The van der Waals surface area contributed by atoms with Crippen molar-refractivity contribution >= 4 is 23.6 Å². The Kier molecular flexibility index (Phi) is 3.81. The molecule has 1 aromatic carbocycles. The highest BCUT2D eigenvalue weighted by molar-refractivity contribution is 6.08. The van der Waals surface area contributed by atoms with Gasteiger partial charge in [-0.15, -0.1) is 0 Å². The van der Waals surface area contributed by atoms with E-state index >= 15 is 0 Å². The predicted octanol–water partition coefficient (Wildman–Crippen LogP) is 1.83.